The minimum Gasteiger partial charge on any atom is -0.490 e. The molecule has 9 nitrogen and oxygen atoms in total. The van der Waals surface area contributed by atoms with Crippen LogP contribution in [0.4, 0.5) is 24.7 Å². The highest BCUT2D eigenvalue weighted by molar-refractivity contribution is 5.92. The molecule has 0 bridgehead atoms. The van der Waals surface area contributed by atoms with E-state index in [1.54, 1.807) is 10.9 Å². The number of halogens is 3. The second kappa shape index (κ2) is 10.6. The number of nitrogens with zero attached hydrogens (tertiary/aromatic N) is 5. The Morgan fingerprint density at radius 2 is 1.95 bits per heavy atom. The highest BCUT2D eigenvalue weighted by atomic mass is 19.4. The Hall–Kier alpha value is -3.64. The first-order valence-electron chi connectivity index (χ1n) is 12.5. The third-order valence-electron chi connectivity index (χ3n) is 6.87. The lowest BCUT2D eigenvalue weighted by molar-refractivity contribution is -0.202. The third kappa shape index (κ3) is 5.76. The van der Waals surface area contributed by atoms with Gasteiger partial charge in [-0.3, -0.25) is 0 Å². The molecule has 5 rings (SSSR count). The highest BCUT2D eigenvalue weighted by Crippen LogP contribution is 2.33. The first-order chi connectivity index (χ1) is 18.2. The van der Waals surface area contributed by atoms with Crippen molar-refractivity contribution >= 4 is 22.5 Å². The maximum Gasteiger partial charge on any atom is 0.415 e. The molecule has 202 valence electrons. The zero-order chi connectivity index (χ0) is 26.9. The Balaban J connectivity index is 1.28. The van der Waals surface area contributed by atoms with E-state index in [-0.39, 0.29) is 12.1 Å². The quantitative estimate of drug-likeness (QED) is 0.311. The van der Waals surface area contributed by atoms with Crippen LogP contribution in [0.1, 0.15) is 31.5 Å². The average molecular weight is 530 g/mol. The lowest BCUT2D eigenvalue weighted by atomic mass is 9.93. The molecule has 1 aromatic carbocycles. The van der Waals surface area contributed by atoms with E-state index in [4.69, 9.17) is 9.72 Å². The first kappa shape index (κ1) is 26.0. The van der Waals surface area contributed by atoms with E-state index in [1.165, 1.54) is 0 Å². The van der Waals surface area contributed by atoms with Crippen LogP contribution < -0.4 is 15.4 Å². The minimum absolute atomic E-state index is 0.0661. The monoisotopic (exact) mass is 529 g/mol. The molecule has 1 saturated carbocycles. The van der Waals surface area contributed by atoms with Crippen LogP contribution in [0.3, 0.4) is 0 Å². The van der Waals surface area contributed by atoms with Gasteiger partial charge in [0.05, 0.1) is 17.3 Å². The molecule has 1 fully saturated rings. The number of aryl methyl sites for hydroxylation is 2. The summed E-state index contributed by atoms with van der Waals surface area (Å²) in [5.41, 5.74) is 2.45. The molecule has 0 spiro atoms. The van der Waals surface area contributed by atoms with Crippen LogP contribution in [0, 0.1) is 6.92 Å². The van der Waals surface area contributed by atoms with Gasteiger partial charge in [-0.1, -0.05) is 6.07 Å². The summed E-state index contributed by atoms with van der Waals surface area (Å²) in [5.74, 6) is 2.86. The van der Waals surface area contributed by atoms with Crippen LogP contribution in [0.5, 0.6) is 5.75 Å². The smallest absolute Gasteiger partial charge is 0.415 e. The number of aliphatic hydroxyl groups excluding tert-OH is 1. The highest BCUT2D eigenvalue weighted by Gasteiger charge is 2.38. The normalized spacial score (nSPS) is 19.0. The van der Waals surface area contributed by atoms with Crippen molar-refractivity contribution in [2.45, 2.75) is 57.0 Å². The maximum absolute atomic E-state index is 12.6. The molecule has 3 heterocycles. The number of imidazole rings is 1. The van der Waals surface area contributed by atoms with E-state index in [1.807, 2.05) is 61.1 Å². The molecule has 1 aliphatic rings. The molecule has 0 saturated heterocycles. The number of hydrogen-bond acceptors (Lipinski definition) is 7. The molecule has 1 aliphatic carbocycles. The summed E-state index contributed by atoms with van der Waals surface area (Å²) < 4.78 is 47.7. The topological polar surface area (TPSA) is 102 Å². The van der Waals surface area contributed by atoms with Gasteiger partial charge in [0.1, 0.15) is 17.1 Å². The second-order valence-electron chi connectivity index (χ2n) is 9.57. The molecule has 0 aliphatic heterocycles. The maximum atomic E-state index is 12.6. The molecule has 4 aromatic rings. The Kier molecular flexibility index (Phi) is 7.26. The van der Waals surface area contributed by atoms with Gasteiger partial charge in [-0.25, -0.2) is 14.6 Å². The van der Waals surface area contributed by atoms with Gasteiger partial charge in [0, 0.05) is 50.2 Å². The molecule has 3 aromatic heterocycles. The number of nitrogens with one attached hydrogen (secondary N) is 2. The predicted octanol–water partition coefficient (Wildman–Crippen LogP) is 4.41. The summed E-state index contributed by atoms with van der Waals surface area (Å²) in [5, 5.41) is 20.0. The van der Waals surface area contributed by atoms with E-state index < -0.39 is 18.8 Å². The van der Waals surface area contributed by atoms with Gasteiger partial charge in [-0.15, -0.1) is 5.10 Å². The van der Waals surface area contributed by atoms with Crippen molar-refractivity contribution in [2.75, 3.05) is 11.9 Å². The van der Waals surface area contributed by atoms with Gasteiger partial charge >= 0.3 is 6.18 Å². The Bertz CT molecular complexity index is 1380. The van der Waals surface area contributed by atoms with Crippen molar-refractivity contribution in [2.24, 2.45) is 7.05 Å². The molecule has 0 radical (unpaired) electrons. The second-order valence-corrected chi connectivity index (χ2v) is 9.57. The summed E-state index contributed by atoms with van der Waals surface area (Å²) in [6.07, 6.45) is -0.781. The van der Waals surface area contributed by atoms with Crippen molar-refractivity contribution in [3.8, 4) is 11.6 Å². The summed E-state index contributed by atoms with van der Waals surface area (Å²) in [4.78, 5) is 9.03. The summed E-state index contributed by atoms with van der Waals surface area (Å²) in [7, 11) is 1.94. The summed E-state index contributed by atoms with van der Waals surface area (Å²) >= 11 is 0. The number of aliphatic hydroxyl groups is 1. The van der Waals surface area contributed by atoms with Crippen LogP contribution >= 0.6 is 0 Å². The number of hydrogen-bond donors (Lipinski definition) is 3. The van der Waals surface area contributed by atoms with Gasteiger partial charge in [0.15, 0.2) is 17.7 Å². The Morgan fingerprint density at radius 3 is 2.66 bits per heavy atom. The van der Waals surface area contributed by atoms with Crippen LogP contribution in [-0.4, -0.2) is 60.4 Å². The zero-order valence-corrected chi connectivity index (χ0v) is 21.1. The lowest BCUT2D eigenvalue weighted by Gasteiger charge is -2.30. The number of pyridine rings is 1. The Labute approximate surface area is 217 Å². The van der Waals surface area contributed by atoms with E-state index in [0.29, 0.717) is 43.1 Å². The van der Waals surface area contributed by atoms with Gasteiger partial charge in [0.25, 0.3) is 0 Å². The molecule has 1 atom stereocenters. The van der Waals surface area contributed by atoms with Crippen LogP contribution in [0.25, 0.3) is 16.9 Å². The number of anilines is 2. The summed E-state index contributed by atoms with van der Waals surface area (Å²) in [6, 6.07) is 11.2. The first-order valence-corrected chi connectivity index (χ1v) is 12.5. The van der Waals surface area contributed by atoms with Crippen LogP contribution in [0.2, 0.25) is 0 Å². The third-order valence-corrected chi connectivity index (χ3v) is 6.87. The largest absolute Gasteiger partial charge is 0.490 e. The summed E-state index contributed by atoms with van der Waals surface area (Å²) in [6.45, 7) is 1.44. The van der Waals surface area contributed by atoms with Crippen LogP contribution in [0.15, 0.2) is 48.8 Å². The molecular formula is C26H30F3N7O2. The number of aromatic nitrogens is 5. The molecule has 12 heteroatoms. The number of rotatable bonds is 8. The lowest BCUT2D eigenvalue weighted by Crippen LogP contribution is -2.44. The minimum atomic E-state index is -4.61. The van der Waals surface area contributed by atoms with E-state index in [0.717, 1.165) is 22.5 Å². The van der Waals surface area contributed by atoms with Gasteiger partial charge in [0.2, 0.25) is 0 Å². The van der Waals surface area contributed by atoms with Gasteiger partial charge < -0.3 is 25.0 Å². The molecule has 0 unspecified atom stereocenters. The van der Waals surface area contributed by atoms with Crippen molar-refractivity contribution in [1.82, 2.24) is 29.6 Å². The molecule has 0 amide bonds. The fraction of sp³-hybridized carbons (Fsp3) is 0.423. The SMILES string of the molecule is Cc1nc2c(Nc3ccn(-c4ccccn4)n3)cc(O[C@H]3CC[C@@H](NC[C@@H](O)C(F)(F)F)CC3)cc2n1C. The van der Waals surface area contributed by atoms with E-state index in [2.05, 4.69) is 20.7 Å². The zero-order valence-electron chi connectivity index (χ0n) is 21.1. The van der Waals surface area contributed by atoms with Crippen molar-refractivity contribution < 1.29 is 23.0 Å². The fourth-order valence-electron chi connectivity index (χ4n) is 4.66. The number of benzene rings is 1. The van der Waals surface area contributed by atoms with Crippen molar-refractivity contribution in [1.29, 1.82) is 0 Å². The van der Waals surface area contributed by atoms with E-state index >= 15 is 0 Å². The van der Waals surface area contributed by atoms with Crippen molar-refractivity contribution in [3.05, 3.63) is 54.6 Å². The molecule has 38 heavy (non-hydrogen) atoms. The number of ether oxygens (including phenoxy) is 1. The predicted molar refractivity (Wildman–Crippen MR) is 137 cm³/mol. The number of fused-ring (bicyclic) bond motifs is 1. The molecular weight excluding hydrogens is 499 g/mol. The van der Waals surface area contributed by atoms with Crippen LogP contribution in [-0.2, 0) is 7.05 Å². The van der Waals surface area contributed by atoms with E-state index in [9.17, 15) is 18.3 Å². The van der Waals surface area contributed by atoms with Gasteiger partial charge in [-0.05, 0) is 44.7 Å². The average Bonchev–Trinajstić information content (AvgIpc) is 3.48. The van der Waals surface area contributed by atoms with Crippen molar-refractivity contribution in [3.63, 3.8) is 0 Å². The standard InChI is InChI=1S/C26H30F3N7O2/c1-16-32-25-20(33-23-10-12-36(34-23)24-5-3-4-11-30-24)13-19(14-21(25)35(16)2)38-18-8-6-17(7-9-18)31-15-22(37)26(27,28)29/h3-5,10-14,17-18,22,31,37H,6-9,15H2,1-2H3,(H,33,34)/t17-,18+,22-/m1/s1. The number of alkyl halides is 3. The Morgan fingerprint density at radius 1 is 1.16 bits per heavy atom. The van der Waals surface area contributed by atoms with Gasteiger partial charge in [-0.2, -0.15) is 13.2 Å². The fourth-order valence-corrected chi connectivity index (χ4v) is 4.66. The molecule has 3 N–H and O–H groups in total.